The number of carbonyl (C=O) groups excluding carboxylic acids is 1. The molecule has 0 radical (unpaired) electrons. The minimum Gasteiger partial charge on any atom is -0.508 e. The normalized spacial score (nSPS) is 10.4. The molecule has 6 heteroatoms. The Morgan fingerprint density at radius 2 is 1.74 bits per heavy atom. The van der Waals surface area contributed by atoms with Gasteiger partial charge in [0.1, 0.15) is 11.5 Å². The number of amides is 2. The summed E-state index contributed by atoms with van der Waals surface area (Å²) < 4.78 is 5.40. The second kappa shape index (κ2) is 8.31. The summed E-state index contributed by atoms with van der Waals surface area (Å²) in [6.45, 7) is 0.542. The minimum absolute atomic E-state index is 0.156. The lowest BCUT2D eigenvalue weighted by Gasteiger charge is -2.24. The van der Waals surface area contributed by atoms with Crippen LogP contribution in [-0.2, 0) is 13.1 Å². The number of nitrogens with zero attached hydrogens (tertiary/aromatic N) is 2. The molecule has 0 aliphatic heterocycles. The zero-order valence-electron chi connectivity index (χ0n) is 15.4. The number of nitrogens with one attached hydrogen (secondary N) is 1. The van der Waals surface area contributed by atoms with Gasteiger partial charge in [0.15, 0.2) is 0 Å². The molecule has 2 N–H and O–H groups in total. The largest absolute Gasteiger partial charge is 0.508 e. The average Bonchev–Trinajstić information content (AvgIpc) is 3.16. The number of rotatable bonds is 6. The topological polar surface area (TPSA) is 69.0 Å². The molecular weight excluding hydrogens is 342 g/mol. The molecule has 1 heterocycles. The van der Waals surface area contributed by atoms with Gasteiger partial charge < -0.3 is 24.6 Å². The summed E-state index contributed by atoms with van der Waals surface area (Å²) in [5.74, 6) is 0.824. The molecule has 27 heavy (non-hydrogen) atoms. The summed E-state index contributed by atoms with van der Waals surface area (Å²) in [5.41, 5.74) is 2.29. The molecule has 0 unspecified atom stereocenters. The van der Waals surface area contributed by atoms with Gasteiger partial charge in [-0.05, 0) is 30.3 Å². The van der Waals surface area contributed by atoms with E-state index in [1.54, 1.807) is 35.4 Å². The Bertz CT molecular complexity index is 891. The maximum atomic E-state index is 13.0. The van der Waals surface area contributed by atoms with Crippen LogP contribution in [0.2, 0.25) is 0 Å². The molecule has 3 rings (SSSR count). The number of hydrogen-bond donors (Lipinski definition) is 2. The first-order valence-electron chi connectivity index (χ1n) is 8.66. The molecule has 140 valence electrons. The Labute approximate surface area is 158 Å². The van der Waals surface area contributed by atoms with Gasteiger partial charge in [0, 0.05) is 19.7 Å². The predicted octanol–water partition coefficient (Wildman–Crippen LogP) is 4.29. The van der Waals surface area contributed by atoms with Gasteiger partial charge in [-0.2, -0.15) is 0 Å². The Hall–Kier alpha value is -3.41. The summed E-state index contributed by atoms with van der Waals surface area (Å²) in [5, 5.41) is 13.1. The molecule has 0 spiro atoms. The first-order valence-corrected chi connectivity index (χ1v) is 8.66. The number of aromatic hydroxyl groups is 1. The van der Waals surface area contributed by atoms with Crippen LogP contribution in [0.4, 0.5) is 16.2 Å². The number of para-hydroxylation sites is 3. The van der Waals surface area contributed by atoms with Gasteiger partial charge in [0.25, 0.3) is 0 Å². The minimum atomic E-state index is -0.274. The zero-order valence-corrected chi connectivity index (χ0v) is 15.4. The van der Waals surface area contributed by atoms with Gasteiger partial charge in [-0.25, -0.2) is 4.79 Å². The van der Waals surface area contributed by atoms with E-state index in [2.05, 4.69) is 5.32 Å². The molecule has 0 saturated heterocycles. The Balaban J connectivity index is 1.83. The van der Waals surface area contributed by atoms with Crippen LogP contribution in [-0.4, -0.2) is 30.1 Å². The number of furan rings is 1. The van der Waals surface area contributed by atoms with E-state index < -0.39 is 0 Å². The fraction of sp³-hybridized carbons (Fsp3) is 0.190. The SMILES string of the molecule is CN(C)c1ccccc1NC(=O)N(Cc1ccco1)Cc1ccccc1O. The molecule has 0 saturated carbocycles. The average molecular weight is 365 g/mol. The highest BCUT2D eigenvalue weighted by Gasteiger charge is 2.19. The van der Waals surface area contributed by atoms with Crippen LogP contribution in [0.25, 0.3) is 0 Å². The monoisotopic (exact) mass is 365 g/mol. The third kappa shape index (κ3) is 4.61. The van der Waals surface area contributed by atoms with E-state index in [-0.39, 0.29) is 24.9 Å². The van der Waals surface area contributed by atoms with E-state index in [1.807, 2.05) is 55.4 Å². The van der Waals surface area contributed by atoms with Crippen LogP contribution in [0, 0.1) is 0 Å². The fourth-order valence-electron chi connectivity index (χ4n) is 2.80. The number of carbonyl (C=O) groups is 1. The van der Waals surface area contributed by atoms with E-state index in [1.165, 1.54) is 0 Å². The van der Waals surface area contributed by atoms with Crippen LogP contribution in [0.3, 0.4) is 0 Å². The number of benzene rings is 2. The third-order valence-electron chi connectivity index (χ3n) is 4.19. The van der Waals surface area contributed by atoms with Crippen LogP contribution in [0.5, 0.6) is 5.75 Å². The number of hydrogen-bond acceptors (Lipinski definition) is 4. The van der Waals surface area contributed by atoms with E-state index in [4.69, 9.17) is 4.42 Å². The highest BCUT2D eigenvalue weighted by Crippen LogP contribution is 2.25. The summed E-state index contributed by atoms with van der Waals surface area (Å²) in [6, 6.07) is 17.9. The fourth-order valence-corrected chi connectivity index (χ4v) is 2.80. The first kappa shape index (κ1) is 18.4. The lowest BCUT2D eigenvalue weighted by Crippen LogP contribution is -2.34. The van der Waals surface area contributed by atoms with E-state index in [9.17, 15) is 9.90 Å². The molecule has 2 amide bonds. The quantitative estimate of drug-likeness (QED) is 0.684. The van der Waals surface area contributed by atoms with Gasteiger partial charge in [0.2, 0.25) is 0 Å². The lowest BCUT2D eigenvalue weighted by molar-refractivity contribution is 0.200. The number of anilines is 2. The number of urea groups is 1. The van der Waals surface area contributed by atoms with Crippen molar-refractivity contribution in [2.24, 2.45) is 0 Å². The van der Waals surface area contributed by atoms with Crippen LogP contribution in [0.1, 0.15) is 11.3 Å². The zero-order chi connectivity index (χ0) is 19.2. The van der Waals surface area contributed by atoms with Gasteiger partial charge in [0.05, 0.1) is 30.7 Å². The number of phenolic OH excluding ortho intramolecular Hbond substituents is 1. The summed E-state index contributed by atoms with van der Waals surface area (Å²) in [6.07, 6.45) is 1.58. The van der Waals surface area contributed by atoms with E-state index in [0.29, 0.717) is 17.0 Å². The van der Waals surface area contributed by atoms with Crippen molar-refractivity contribution in [2.45, 2.75) is 13.1 Å². The molecular formula is C21H23N3O3. The summed E-state index contributed by atoms with van der Waals surface area (Å²) >= 11 is 0. The molecule has 0 fully saturated rings. The first-order chi connectivity index (χ1) is 13.0. The van der Waals surface area contributed by atoms with E-state index in [0.717, 1.165) is 5.69 Å². The van der Waals surface area contributed by atoms with Gasteiger partial charge in [-0.1, -0.05) is 30.3 Å². The molecule has 1 aromatic heterocycles. The van der Waals surface area contributed by atoms with Crippen molar-refractivity contribution in [3.05, 3.63) is 78.3 Å². The van der Waals surface area contributed by atoms with Crippen molar-refractivity contribution in [1.82, 2.24) is 4.90 Å². The predicted molar refractivity (Wildman–Crippen MR) is 106 cm³/mol. The van der Waals surface area contributed by atoms with Crippen molar-refractivity contribution >= 4 is 17.4 Å². The highest BCUT2D eigenvalue weighted by molar-refractivity contribution is 5.93. The molecule has 0 aliphatic rings. The Morgan fingerprint density at radius 3 is 2.44 bits per heavy atom. The third-order valence-corrected chi connectivity index (χ3v) is 4.19. The van der Waals surface area contributed by atoms with Gasteiger partial charge >= 0.3 is 6.03 Å². The van der Waals surface area contributed by atoms with Crippen molar-refractivity contribution in [3.63, 3.8) is 0 Å². The van der Waals surface area contributed by atoms with E-state index >= 15 is 0 Å². The van der Waals surface area contributed by atoms with Crippen LogP contribution in [0.15, 0.2) is 71.3 Å². The number of phenols is 1. The van der Waals surface area contributed by atoms with Crippen LogP contribution >= 0.6 is 0 Å². The van der Waals surface area contributed by atoms with Gasteiger partial charge in [-0.15, -0.1) is 0 Å². The lowest BCUT2D eigenvalue weighted by atomic mass is 10.2. The highest BCUT2D eigenvalue weighted by atomic mass is 16.3. The molecule has 2 aromatic carbocycles. The second-order valence-corrected chi connectivity index (χ2v) is 6.41. The van der Waals surface area contributed by atoms with Crippen molar-refractivity contribution in [3.8, 4) is 5.75 Å². The summed E-state index contributed by atoms with van der Waals surface area (Å²) in [4.78, 5) is 16.5. The summed E-state index contributed by atoms with van der Waals surface area (Å²) in [7, 11) is 3.85. The molecule has 3 aromatic rings. The maximum absolute atomic E-state index is 13.0. The molecule has 0 bridgehead atoms. The van der Waals surface area contributed by atoms with Crippen molar-refractivity contribution in [2.75, 3.05) is 24.3 Å². The molecule has 6 nitrogen and oxygen atoms in total. The maximum Gasteiger partial charge on any atom is 0.322 e. The second-order valence-electron chi connectivity index (χ2n) is 6.41. The Kier molecular flexibility index (Phi) is 5.66. The smallest absolute Gasteiger partial charge is 0.322 e. The van der Waals surface area contributed by atoms with Gasteiger partial charge in [-0.3, -0.25) is 0 Å². The Morgan fingerprint density at radius 1 is 1.00 bits per heavy atom. The van der Waals surface area contributed by atoms with Crippen molar-refractivity contribution in [1.29, 1.82) is 0 Å². The van der Waals surface area contributed by atoms with Crippen LogP contribution < -0.4 is 10.2 Å². The molecule has 0 atom stereocenters. The standard InChI is InChI=1S/C21H23N3O3/c1-23(2)19-11-5-4-10-18(19)22-21(26)24(15-17-9-7-13-27-17)14-16-8-3-6-12-20(16)25/h3-13,25H,14-15H2,1-2H3,(H,22,26). The van der Waals surface area contributed by atoms with Crippen molar-refractivity contribution < 1.29 is 14.3 Å². The molecule has 0 aliphatic carbocycles.